The smallest absolute Gasteiger partial charge is 0.270 e. The normalized spacial score (nSPS) is 19.4. The predicted molar refractivity (Wildman–Crippen MR) is 112 cm³/mol. The van der Waals surface area contributed by atoms with E-state index in [0.717, 1.165) is 23.4 Å². The summed E-state index contributed by atoms with van der Waals surface area (Å²) in [5.74, 6) is -0.968. The van der Waals surface area contributed by atoms with Gasteiger partial charge in [-0.25, -0.2) is 4.39 Å². The van der Waals surface area contributed by atoms with Crippen LogP contribution in [-0.4, -0.2) is 13.0 Å². The maximum atomic E-state index is 14.3. The third-order valence-electron chi connectivity index (χ3n) is 5.67. The number of hydrogen-bond acceptors (Lipinski definition) is 4. The summed E-state index contributed by atoms with van der Waals surface area (Å²) in [7, 11) is 1.92. The molecule has 30 heavy (non-hydrogen) atoms. The SMILES string of the molecule is CNCc1ccc(C2C3=c4c(cc(F)cc4=NC2c2ccccc2)C(=O)NN3)cc1. The van der Waals surface area contributed by atoms with Gasteiger partial charge in [-0.2, -0.15) is 0 Å². The highest BCUT2D eigenvalue weighted by atomic mass is 19.1. The zero-order valence-corrected chi connectivity index (χ0v) is 16.4. The average molecular weight is 400 g/mol. The van der Waals surface area contributed by atoms with Gasteiger partial charge in [-0.05, 0) is 35.9 Å². The van der Waals surface area contributed by atoms with Gasteiger partial charge in [-0.3, -0.25) is 15.2 Å². The molecule has 0 aliphatic carbocycles. The molecule has 2 heterocycles. The summed E-state index contributed by atoms with van der Waals surface area (Å²) in [5, 5.41) is 4.33. The quantitative estimate of drug-likeness (QED) is 0.628. The number of halogens is 1. The lowest BCUT2D eigenvalue weighted by Crippen LogP contribution is -2.54. The Morgan fingerprint density at radius 3 is 2.50 bits per heavy atom. The van der Waals surface area contributed by atoms with Crippen LogP contribution >= 0.6 is 0 Å². The molecule has 2 aliphatic rings. The standard InChI is InChI=1S/C24H21FN4O/c1-26-13-14-7-9-15(10-8-14)20-22(16-5-3-2-4-6-16)27-19-12-17(25)11-18-21(19)23(20)28-29-24(18)30/h2-12,20,22,26,28H,13H2,1H3,(H,29,30). The van der Waals surface area contributed by atoms with Crippen LogP contribution in [0.3, 0.4) is 0 Å². The molecule has 6 heteroatoms. The molecule has 2 unspecified atom stereocenters. The minimum absolute atomic E-state index is 0.145. The Labute approximate surface area is 173 Å². The molecule has 5 nitrogen and oxygen atoms in total. The van der Waals surface area contributed by atoms with E-state index < -0.39 is 5.82 Å². The molecule has 3 N–H and O–H groups in total. The van der Waals surface area contributed by atoms with Gasteiger partial charge >= 0.3 is 0 Å². The van der Waals surface area contributed by atoms with Crippen molar-refractivity contribution in [1.29, 1.82) is 0 Å². The second-order valence-electron chi connectivity index (χ2n) is 7.57. The Morgan fingerprint density at radius 2 is 1.77 bits per heavy atom. The van der Waals surface area contributed by atoms with Gasteiger partial charge in [-0.15, -0.1) is 0 Å². The number of amides is 1. The molecular weight excluding hydrogens is 379 g/mol. The van der Waals surface area contributed by atoms with Gasteiger partial charge in [0.15, 0.2) is 0 Å². The molecule has 0 bridgehead atoms. The fourth-order valence-corrected chi connectivity index (χ4v) is 4.34. The van der Waals surface area contributed by atoms with E-state index >= 15 is 0 Å². The van der Waals surface area contributed by atoms with E-state index in [1.807, 2.05) is 37.4 Å². The zero-order chi connectivity index (χ0) is 20.7. The van der Waals surface area contributed by atoms with Crippen LogP contribution in [0.5, 0.6) is 0 Å². The van der Waals surface area contributed by atoms with Crippen molar-refractivity contribution < 1.29 is 9.18 Å². The maximum Gasteiger partial charge on any atom is 0.270 e. The topological polar surface area (TPSA) is 65.5 Å². The van der Waals surface area contributed by atoms with Crippen molar-refractivity contribution in [1.82, 2.24) is 16.2 Å². The van der Waals surface area contributed by atoms with E-state index in [0.29, 0.717) is 16.1 Å². The van der Waals surface area contributed by atoms with Gasteiger partial charge in [0, 0.05) is 11.8 Å². The van der Waals surface area contributed by atoms with E-state index in [4.69, 9.17) is 4.99 Å². The maximum absolute atomic E-state index is 14.3. The number of nitrogens with one attached hydrogen (secondary N) is 3. The number of carbonyl (C=O) groups is 1. The summed E-state index contributed by atoms with van der Waals surface area (Å²) in [5.41, 5.74) is 10.2. The number of carbonyl (C=O) groups excluding carboxylic acids is 1. The van der Waals surface area contributed by atoms with Gasteiger partial charge < -0.3 is 10.7 Å². The fraction of sp³-hybridized carbons (Fsp3) is 0.167. The van der Waals surface area contributed by atoms with Crippen LogP contribution in [0.2, 0.25) is 0 Å². The third kappa shape index (κ3) is 3.06. The lowest BCUT2D eigenvalue weighted by atomic mass is 9.81. The Morgan fingerprint density at radius 1 is 1.00 bits per heavy atom. The molecule has 0 aromatic heterocycles. The van der Waals surface area contributed by atoms with Crippen molar-refractivity contribution in [3.63, 3.8) is 0 Å². The highest BCUT2D eigenvalue weighted by Crippen LogP contribution is 2.40. The molecule has 0 radical (unpaired) electrons. The number of hydrazine groups is 1. The minimum atomic E-state index is -0.467. The third-order valence-corrected chi connectivity index (χ3v) is 5.67. The second-order valence-corrected chi connectivity index (χ2v) is 7.57. The molecule has 2 aliphatic heterocycles. The first kappa shape index (κ1) is 18.5. The van der Waals surface area contributed by atoms with Crippen LogP contribution in [0.1, 0.15) is 39.0 Å². The Balaban J connectivity index is 1.77. The van der Waals surface area contributed by atoms with Gasteiger partial charge in [0.1, 0.15) is 5.82 Å². The highest BCUT2D eigenvalue weighted by Gasteiger charge is 2.35. The highest BCUT2D eigenvalue weighted by molar-refractivity contribution is 5.96. The minimum Gasteiger partial charge on any atom is -0.316 e. The van der Waals surface area contributed by atoms with Crippen LogP contribution in [0.25, 0.3) is 5.70 Å². The van der Waals surface area contributed by atoms with Crippen molar-refractivity contribution in [2.45, 2.75) is 18.5 Å². The summed E-state index contributed by atoms with van der Waals surface area (Å²) < 4.78 is 14.3. The Kier molecular flexibility index (Phi) is 4.56. The van der Waals surface area contributed by atoms with Crippen molar-refractivity contribution >= 4 is 11.6 Å². The molecule has 150 valence electrons. The summed E-state index contributed by atoms with van der Waals surface area (Å²) in [6, 6.07) is 20.8. The second kappa shape index (κ2) is 7.39. The van der Waals surface area contributed by atoms with Crippen molar-refractivity contribution in [2.75, 3.05) is 7.05 Å². The monoisotopic (exact) mass is 400 g/mol. The summed E-state index contributed by atoms with van der Waals surface area (Å²) in [4.78, 5) is 17.3. The van der Waals surface area contributed by atoms with Crippen LogP contribution < -0.4 is 26.7 Å². The van der Waals surface area contributed by atoms with E-state index in [1.165, 1.54) is 17.7 Å². The molecule has 1 amide bonds. The predicted octanol–water partition coefficient (Wildman–Crippen LogP) is 2.06. The molecule has 3 aromatic carbocycles. The first-order chi connectivity index (χ1) is 14.7. The number of benzene rings is 3. The van der Waals surface area contributed by atoms with E-state index in [9.17, 15) is 9.18 Å². The number of nitrogens with zero attached hydrogens (tertiary/aromatic N) is 1. The van der Waals surface area contributed by atoms with Gasteiger partial charge in [0.25, 0.3) is 5.91 Å². The van der Waals surface area contributed by atoms with E-state index in [1.54, 1.807) is 0 Å². The molecule has 0 spiro atoms. The number of hydrogen-bond donors (Lipinski definition) is 3. The lowest BCUT2D eigenvalue weighted by Gasteiger charge is -2.33. The first-order valence-corrected chi connectivity index (χ1v) is 9.92. The zero-order valence-electron chi connectivity index (χ0n) is 16.4. The average Bonchev–Trinajstić information content (AvgIpc) is 2.77. The first-order valence-electron chi connectivity index (χ1n) is 9.92. The number of rotatable bonds is 4. The van der Waals surface area contributed by atoms with E-state index in [-0.39, 0.29) is 17.9 Å². The summed E-state index contributed by atoms with van der Waals surface area (Å²) >= 11 is 0. The Hall–Kier alpha value is -3.51. The molecule has 5 rings (SSSR count). The van der Waals surface area contributed by atoms with Crippen LogP contribution in [0.15, 0.2) is 71.7 Å². The lowest BCUT2D eigenvalue weighted by molar-refractivity contribution is 0.0934. The molecule has 3 aromatic rings. The Bertz CT molecular complexity index is 1240. The van der Waals surface area contributed by atoms with Gasteiger partial charge in [-0.1, -0.05) is 54.6 Å². The molecule has 0 saturated heterocycles. The van der Waals surface area contributed by atoms with Gasteiger partial charge in [0.05, 0.1) is 28.6 Å². The fourth-order valence-electron chi connectivity index (χ4n) is 4.34. The van der Waals surface area contributed by atoms with Crippen LogP contribution in [-0.2, 0) is 6.54 Å². The molecule has 2 atom stereocenters. The van der Waals surface area contributed by atoms with E-state index in [2.05, 4.69) is 40.4 Å². The van der Waals surface area contributed by atoms with Crippen molar-refractivity contribution in [2.24, 2.45) is 4.99 Å². The largest absolute Gasteiger partial charge is 0.316 e. The molecule has 0 saturated carbocycles. The van der Waals surface area contributed by atoms with Gasteiger partial charge in [0.2, 0.25) is 0 Å². The summed E-state index contributed by atoms with van der Waals surface area (Å²) in [6.07, 6.45) is 0. The van der Waals surface area contributed by atoms with Crippen molar-refractivity contribution in [3.8, 4) is 0 Å². The van der Waals surface area contributed by atoms with Crippen LogP contribution in [0.4, 0.5) is 4.39 Å². The molecule has 0 fully saturated rings. The van der Waals surface area contributed by atoms with Crippen LogP contribution in [0, 0.1) is 5.82 Å². The van der Waals surface area contributed by atoms with Crippen molar-refractivity contribution in [3.05, 3.63) is 105 Å². The summed E-state index contributed by atoms with van der Waals surface area (Å²) in [6.45, 7) is 0.786. The molecular formula is C24H21FN4O.